The minimum absolute atomic E-state index is 0. The normalized spacial score (nSPS) is 9.92. The summed E-state index contributed by atoms with van der Waals surface area (Å²) in [7, 11) is -0.892. The van der Waals surface area contributed by atoms with Gasteiger partial charge in [0.2, 0.25) is 0 Å². The van der Waals surface area contributed by atoms with E-state index in [0.29, 0.717) is 0 Å². The SMILES string of the molecule is Cl.Cl.[Pd][CH2]c1ccccc1.c1ccc(P(c2ccccc2)c2ccccc2)cc1.c1ccc(P(c2ccccc2)c2ccccc2)cc1. The quantitative estimate of drug-likeness (QED) is 0.112. The second kappa shape index (κ2) is 22.3. The summed E-state index contributed by atoms with van der Waals surface area (Å²) in [5.41, 5.74) is 1.34. The van der Waals surface area contributed by atoms with Crippen LogP contribution in [0.2, 0.25) is 0 Å². The summed E-state index contributed by atoms with van der Waals surface area (Å²) in [5.74, 6) is 0. The van der Waals surface area contributed by atoms with Crippen LogP contribution in [-0.2, 0) is 24.1 Å². The van der Waals surface area contributed by atoms with Gasteiger partial charge in [0.1, 0.15) is 0 Å². The van der Waals surface area contributed by atoms with Gasteiger partial charge in [0.05, 0.1) is 0 Å². The molecule has 7 rings (SSSR count). The second-order valence-electron chi connectivity index (χ2n) is 10.3. The van der Waals surface area contributed by atoms with E-state index in [2.05, 4.69) is 213 Å². The number of rotatable bonds is 7. The van der Waals surface area contributed by atoms with E-state index in [-0.39, 0.29) is 24.8 Å². The third-order valence-corrected chi connectivity index (χ3v) is 12.6. The fourth-order valence-corrected chi connectivity index (χ4v) is 9.89. The first kappa shape index (κ1) is 39.1. The molecule has 0 N–H and O–H groups in total. The van der Waals surface area contributed by atoms with Gasteiger partial charge in [-0.25, -0.2) is 0 Å². The van der Waals surface area contributed by atoms with Crippen molar-refractivity contribution < 1.29 is 19.2 Å². The Bertz CT molecular complexity index is 1490. The third kappa shape index (κ3) is 12.0. The summed E-state index contributed by atoms with van der Waals surface area (Å²) in [5, 5.41) is 8.39. The molecule has 0 radical (unpaired) electrons. The Kier molecular flexibility index (Phi) is 18.2. The van der Waals surface area contributed by atoms with Crippen molar-refractivity contribution in [1.82, 2.24) is 0 Å². The van der Waals surface area contributed by atoms with Crippen LogP contribution in [0.15, 0.2) is 212 Å². The Morgan fingerprint density at radius 2 is 0.438 bits per heavy atom. The van der Waals surface area contributed by atoms with Gasteiger partial charge in [0.15, 0.2) is 0 Å². The maximum absolute atomic E-state index is 3.12. The summed E-state index contributed by atoms with van der Waals surface area (Å²) < 4.78 is 0. The molecule has 0 fully saturated rings. The van der Waals surface area contributed by atoms with Crippen LogP contribution in [0.3, 0.4) is 0 Å². The molecule has 0 heterocycles. The molecule has 7 aromatic carbocycles. The van der Waals surface area contributed by atoms with Gasteiger partial charge in [-0.3, -0.25) is 0 Å². The van der Waals surface area contributed by atoms with Crippen molar-refractivity contribution in [3.63, 3.8) is 0 Å². The van der Waals surface area contributed by atoms with Crippen LogP contribution < -0.4 is 31.8 Å². The van der Waals surface area contributed by atoms with Gasteiger partial charge >= 0.3 is 60.0 Å². The minimum Gasteiger partial charge on any atom is -0.0622 e. The second-order valence-corrected chi connectivity index (χ2v) is 15.3. The maximum atomic E-state index is 3.12. The molecule has 0 aliphatic rings. The Balaban J connectivity index is 0.000000206. The fourth-order valence-electron chi connectivity index (χ4n) is 4.91. The van der Waals surface area contributed by atoms with Crippen LogP contribution >= 0.6 is 40.7 Å². The van der Waals surface area contributed by atoms with Crippen LogP contribution in [0.25, 0.3) is 0 Å². The molecule has 0 aliphatic carbocycles. The van der Waals surface area contributed by atoms with E-state index in [9.17, 15) is 0 Å². The van der Waals surface area contributed by atoms with Gasteiger partial charge in [-0.2, -0.15) is 0 Å². The molecule has 0 spiro atoms. The zero-order chi connectivity index (χ0) is 31.7. The molecule has 0 bridgehead atoms. The van der Waals surface area contributed by atoms with E-state index in [1.165, 1.54) is 37.4 Å². The van der Waals surface area contributed by atoms with Gasteiger partial charge < -0.3 is 0 Å². The van der Waals surface area contributed by atoms with Crippen LogP contribution in [-0.4, -0.2) is 0 Å². The smallest absolute Gasteiger partial charge is 0.0134 e. The Morgan fingerprint density at radius 1 is 0.271 bits per heavy atom. The Hall–Kier alpha value is -3.36. The molecule has 245 valence electrons. The third-order valence-electron chi connectivity index (χ3n) is 7.06. The Morgan fingerprint density at radius 3 is 0.583 bits per heavy atom. The number of hydrogen-bond acceptors (Lipinski definition) is 0. The predicted octanol–water partition coefficient (Wildman–Crippen LogP) is 9.47. The van der Waals surface area contributed by atoms with E-state index >= 15 is 0 Å². The van der Waals surface area contributed by atoms with E-state index < -0.39 is 15.8 Å². The van der Waals surface area contributed by atoms with Gasteiger partial charge in [0.25, 0.3) is 0 Å². The van der Waals surface area contributed by atoms with E-state index in [1.807, 2.05) is 18.2 Å². The molecule has 7 aromatic rings. The van der Waals surface area contributed by atoms with E-state index in [1.54, 1.807) is 0 Å². The molecule has 5 heteroatoms. The zero-order valence-corrected chi connectivity index (χ0v) is 31.4. The van der Waals surface area contributed by atoms with Crippen LogP contribution in [0, 0.1) is 0 Å². The first-order valence-corrected chi connectivity index (χ1v) is 19.1. The topological polar surface area (TPSA) is 0 Å². The minimum atomic E-state index is -0.446. The molecular formula is C43H39Cl2P2Pd. The largest absolute Gasteiger partial charge is 0.0622 e. The average molecular weight is 795 g/mol. The van der Waals surface area contributed by atoms with Crippen molar-refractivity contribution in [3.8, 4) is 0 Å². The van der Waals surface area contributed by atoms with E-state index in [0.717, 1.165) is 4.89 Å². The Labute approximate surface area is 312 Å². The number of halogens is 2. The number of hydrogen-bond donors (Lipinski definition) is 0. The fraction of sp³-hybridized carbons (Fsp3) is 0.0233. The zero-order valence-electron chi connectivity index (χ0n) is 26.4. The average Bonchev–Trinajstić information content (AvgIpc) is 3.15. The van der Waals surface area contributed by atoms with Gasteiger partial charge in [-0.05, 0) is 47.7 Å². The molecule has 0 nitrogen and oxygen atoms in total. The summed E-state index contributed by atoms with van der Waals surface area (Å²) in [6.45, 7) is 0. The molecule has 0 atom stereocenters. The molecular weight excluding hydrogens is 756 g/mol. The molecule has 0 saturated heterocycles. The summed E-state index contributed by atoms with van der Waals surface area (Å²) >= 11 is 3.12. The molecule has 48 heavy (non-hydrogen) atoms. The molecule has 0 saturated carbocycles. The van der Waals surface area contributed by atoms with Crippen LogP contribution in [0.1, 0.15) is 5.56 Å². The number of benzene rings is 7. The summed E-state index contributed by atoms with van der Waals surface area (Å²) in [4.78, 5) is 0.990. The van der Waals surface area contributed by atoms with Crippen molar-refractivity contribution in [2.75, 3.05) is 0 Å². The van der Waals surface area contributed by atoms with Crippen molar-refractivity contribution in [3.05, 3.63) is 218 Å². The first-order valence-electron chi connectivity index (χ1n) is 15.3. The molecule has 0 amide bonds. The van der Waals surface area contributed by atoms with Crippen LogP contribution in [0.5, 0.6) is 0 Å². The summed E-state index contributed by atoms with van der Waals surface area (Å²) in [6, 6.07) is 75.0. The van der Waals surface area contributed by atoms with Gasteiger partial charge in [0, 0.05) is 0 Å². The first-order chi connectivity index (χ1) is 22.8. The van der Waals surface area contributed by atoms with Crippen molar-refractivity contribution in [2.45, 2.75) is 4.89 Å². The van der Waals surface area contributed by atoms with Gasteiger partial charge in [-0.1, -0.05) is 182 Å². The summed E-state index contributed by atoms with van der Waals surface area (Å²) in [6.07, 6.45) is 0. The monoisotopic (exact) mass is 793 g/mol. The van der Waals surface area contributed by atoms with Crippen molar-refractivity contribution >= 4 is 72.5 Å². The maximum Gasteiger partial charge on any atom is -0.0134 e. The standard InChI is InChI=1S/2C18H15P.C7H7.2ClH.Pd/c2*1-4-10-16(11-5-1)19(17-12-6-2-7-13-17)18-14-8-3-9-15-18;1-7-5-3-2-4-6-7;;;/h2*1-15H;2-6H,1H2;2*1H;. The van der Waals surface area contributed by atoms with Gasteiger partial charge in [-0.15, -0.1) is 24.8 Å². The van der Waals surface area contributed by atoms with Crippen molar-refractivity contribution in [2.24, 2.45) is 0 Å². The van der Waals surface area contributed by atoms with Crippen molar-refractivity contribution in [1.29, 1.82) is 0 Å². The van der Waals surface area contributed by atoms with E-state index in [4.69, 9.17) is 0 Å². The predicted molar refractivity (Wildman–Crippen MR) is 215 cm³/mol. The van der Waals surface area contributed by atoms with Crippen LogP contribution in [0.4, 0.5) is 0 Å². The molecule has 0 aromatic heterocycles. The molecule has 0 aliphatic heterocycles. The molecule has 0 unspecified atom stereocenters.